The largest absolute Gasteiger partial charge is 0.492 e. The van der Waals surface area contributed by atoms with E-state index in [0.717, 1.165) is 12.2 Å². The molecule has 2 N–H and O–H groups in total. The highest BCUT2D eigenvalue weighted by Crippen LogP contribution is 2.15. The number of carbonyl (C=O) groups excluding carboxylic acids is 1. The number of ether oxygens (including phenoxy) is 1. The molecule has 0 aliphatic rings. The maximum Gasteiger partial charge on any atom is 0.239 e. The van der Waals surface area contributed by atoms with E-state index in [1.807, 2.05) is 31.0 Å². The zero-order valence-electron chi connectivity index (χ0n) is 14.3. The predicted octanol–water partition coefficient (Wildman–Crippen LogP) is 2.37. The van der Waals surface area contributed by atoms with Crippen LogP contribution in [0.5, 0.6) is 5.75 Å². The number of carbonyl (C=O) groups is 1. The molecule has 136 valence electrons. The molecule has 6 nitrogen and oxygen atoms in total. The van der Waals surface area contributed by atoms with Crippen LogP contribution in [0.1, 0.15) is 13.3 Å². The Morgan fingerprint density at radius 3 is 2.54 bits per heavy atom. The molecule has 1 amide bonds. The lowest BCUT2D eigenvalue weighted by molar-refractivity contribution is -0.120. The monoisotopic (exact) mass is 468 g/mol. The lowest BCUT2D eigenvalue weighted by Gasteiger charge is -2.22. The normalized spacial score (nSPS) is 10.6. The fourth-order valence-corrected chi connectivity index (χ4v) is 1.93. The number of guanidine groups is 1. The van der Waals surface area contributed by atoms with Crippen LogP contribution in [0, 0.1) is 0 Å². The predicted molar refractivity (Wildman–Crippen MR) is 110 cm³/mol. The van der Waals surface area contributed by atoms with Gasteiger partial charge in [-0.1, -0.05) is 18.5 Å². The van der Waals surface area contributed by atoms with Crippen molar-refractivity contribution in [2.45, 2.75) is 13.3 Å². The average Bonchev–Trinajstić information content (AvgIpc) is 2.55. The smallest absolute Gasteiger partial charge is 0.239 e. The summed E-state index contributed by atoms with van der Waals surface area (Å²) in [5.74, 6) is 1.37. The SMILES string of the molecule is CCCNC(=O)CNC(=NC)N(C)CCOc1ccc(Cl)cc1.I. The van der Waals surface area contributed by atoms with Crippen molar-refractivity contribution < 1.29 is 9.53 Å². The third-order valence-corrected chi connectivity index (χ3v) is 3.31. The van der Waals surface area contributed by atoms with E-state index in [1.165, 1.54) is 0 Å². The second-order valence-electron chi connectivity index (χ2n) is 4.97. The highest BCUT2D eigenvalue weighted by Gasteiger charge is 2.08. The summed E-state index contributed by atoms with van der Waals surface area (Å²) in [5, 5.41) is 6.52. The van der Waals surface area contributed by atoms with E-state index in [1.54, 1.807) is 19.2 Å². The summed E-state index contributed by atoms with van der Waals surface area (Å²) in [6.45, 7) is 4.04. The number of halogens is 2. The van der Waals surface area contributed by atoms with E-state index < -0.39 is 0 Å². The van der Waals surface area contributed by atoms with Crippen molar-refractivity contribution in [2.75, 3.05) is 40.3 Å². The van der Waals surface area contributed by atoms with Gasteiger partial charge in [0, 0.05) is 25.7 Å². The van der Waals surface area contributed by atoms with Crippen LogP contribution in [0.2, 0.25) is 5.02 Å². The first kappa shape index (κ1) is 22.8. The van der Waals surface area contributed by atoms with Crippen molar-refractivity contribution in [1.29, 1.82) is 0 Å². The van der Waals surface area contributed by atoms with Gasteiger partial charge in [-0.2, -0.15) is 0 Å². The first-order valence-corrected chi connectivity index (χ1v) is 8.01. The second-order valence-corrected chi connectivity index (χ2v) is 5.41. The van der Waals surface area contributed by atoms with Gasteiger partial charge in [0.2, 0.25) is 5.91 Å². The van der Waals surface area contributed by atoms with E-state index in [-0.39, 0.29) is 36.4 Å². The summed E-state index contributed by atoms with van der Waals surface area (Å²) in [7, 11) is 3.58. The van der Waals surface area contributed by atoms with Crippen molar-refractivity contribution in [3.05, 3.63) is 29.3 Å². The zero-order valence-corrected chi connectivity index (χ0v) is 17.4. The minimum Gasteiger partial charge on any atom is -0.492 e. The molecule has 0 unspecified atom stereocenters. The number of rotatable bonds is 8. The summed E-state index contributed by atoms with van der Waals surface area (Å²) in [6, 6.07) is 7.23. The highest BCUT2D eigenvalue weighted by atomic mass is 127. The Labute approximate surface area is 166 Å². The third-order valence-electron chi connectivity index (χ3n) is 3.06. The minimum atomic E-state index is -0.0428. The molecule has 0 heterocycles. The number of aliphatic imine (C=N–C) groups is 1. The van der Waals surface area contributed by atoms with Gasteiger partial charge in [0.05, 0.1) is 13.1 Å². The minimum absolute atomic E-state index is 0. The molecule has 0 aromatic heterocycles. The summed E-state index contributed by atoms with van der Waals surface area (Å²) >= 11 is 5.83. The van der Waals surface area contributed by atoms with Gasteiger partial charge >= 0.3 is 0 Å². The average molecular weight is 469 g/mol. The molecular formula is C16H26ClIN4O2. The van der Waals surface area contributed by atoms with E-state index in [4.69, 9.17) is 16.3 Å². The topological polar surface area (TPSA) is 66.0 Å². The zero-order chi connectivity index (χ0) is 17.1. The van der Waals surface area contributed by atoms with Crippen molar-refractivity contribution in [2.24, 2.45) is 4.99 Å². The Balaban J connectivity index is 0.00000529. The Morgan fingerprint density at radius 1 is 1.29 bits per heavy atom. The van der Waals surface area contributed by atoms with Crippen molar-refractivity contribution in [1.82, 2.24) is 15.5 Å². The molecule has 1 rings (SSSR count). The summed E-state index contributed by atoms with van der Waals surface area (Å²) < 4.78 is 5.64. The number of nitrogens with zero attached hydrogens (tertiary/aromatic N) is 2. The molecule has 0 saturated carbocycles. The third kappa shape index (κ3) is 9.17. The van der Waals surface area contributed by atoms with Crippen LogP contribution in [0.4, 0.5) is 0 Å². The number of amides is 1. The highest BCUT2D eigenvalue weighted by molar-refractivity contribution is 14.0. The summed E-state index contributed by atoms with van der Waals surface area (Å²) in [6.07, 6.45) is 0.919. The number of benzene rings is 1. The van der Waals surface area contributed by atoms with Crippen LogP contribution >= 0.6 is 35.6 Å². The van der Waals surface area contributed by atoms with E-state index >= 15 is 0 Å². The second kappa shape index (κ2) is 13.1. The van der Waals surface area contributed by atoms with Gasteiger partial charge in [-0.25, -0.2) is 0 Å². The summed E-state index contributed by atoms with van der Waals surface area (Å²) in [4.78, 5) is 17.7. The van der Waals surface area contributed by atoms with Gasteiger partial charge in [-0.15, -0.1) is 24.0 Å². The van der Waals surface area contributed by atoms with Crippen LogP contribution in [-0.4, -0.2) is 57.1 Å². The Morgan fingerprint density at radius 2 is 1.96 bits per heavy atom. The van der Waals surface area contributed by atoms with Gasteiger partial charge in [-0.3, -0.25) is 9.79 Å². The van der Waals surface area contributed by atoms with E-state index in [2.05, 4.69) is 15.6 Å². The molecule has 0 fully saturated rings. The molecule has 0 radical (unpaired) electrons. The van der Waals surface area contributed by atoms with E-state index in [0.29, 0.717) is 30.7 Å². The maximum atomic E-state index is 11.6. The molecule has 1 aromatic rings. The Hall–Kier alpha value is -1.22. The van der Waals surface area contributed by atoms with Crippen LogP contribution in [0.25, 0.3) is 0 Å². The van der Waals surface area contributed by atoms with Crippen LogP contribution in [0.15, 0.2) is 29.3 Å². The van der Waals surface area contributed by atoms with Crippen LogP contribution in [-0.2, 0) is 4.79 Å². The standard InChI is InChI=1S/C16H25ClN4O2.HI/c1-4-9-19-15(22)12-20-16(18-2)21(3)10-11-23-14-7-5-13(17)6-8-14;/h5-8H,4,9-12H2,1-3H3,(H,18,20)(H,19,22);1H. The number of likely N-dealkylation sites (N-methyl/N-ethyl adjacent to an activating group) is 1. The van der Waals surface area contributed by atoms with Gasteiger partial charge in [-0.05, 0) is 30.7 Å². The Kier molecular flexibility index (Phi) is 12.4. The lowest BCUT2D eigenvalue weighted by Crippen LogP contribution is -2.45. The van der Waals surface area contributed by atoms with Crippen molar-refractivity contribution in [3.8, 4) is 5.75 Å². The van der Waals surface area contributed by atoms with Gasteiger partial charge in [0.25, 0.3) is 0 Å². The molecule has 24 heavy (non-hydrogen) atoms. The molecule has 8 heteroatoms. The maximum absolute atomic E-state index is 11.6. The molecule has 0 atom stereocenters. The van der Waals surface area contributed by atoms with Crippen LogP contribution < -0.4 is 15.4 Å². The Bertz CT molecular complexity index is 511. The van der Waals surface area contributed by atoms with E-state index in [9.17, 15) is 4.79 Å². The molecule has 0 bridgehead atoms. The fourth-order valence-electron chi connectivity index (χ4n) is 1.81. The number of hydrogen-bond donors (Lipinski definition) is 2. The quantitative estimate of drug-likeness (QED) is 0.349. The number of nitrogens with one attached hydrogen (secondary N) is 2. The van der Waals surface area contributed by atoms with Crippen LogP contribution in [0.3, 0.4) is 0 Å². The molecule has 0 saturated heterocycles. The van der Waals surface area contributed by atoms with Crippen molar-refractivity contribution >= 4 is 47.4 Å². The molecular weight excluding hydrogens is 443 g/mol. The first-order valence-electron chi connectivity index (χ1n) is 7.63. The van der Waals surface area contributed by atoms with Gasteiger partial charge < -0.3 is 20.3 Å². The summed E-state index contributed by atoms with van der Waals surface area (Å²) in [5.41, 5.74) is 0. The number of hydrogen-bond acceptors (Lipinski definition) is 3. The lowest BCUT2D eigenvalue weighted by atomic mass is 10.3. The van der Waals surface area contributed by atoms with Gasteiger partial charge in [0.1, 0.15) is 12.4 Å². The fraction of sp³-hybridized carbons (Fsp3) is 0.500. The molecule has 0 aliphatic heterocycles. The molecule has 0 spiro atoms. The molecule has 0 aliphatic carbocycles. The van der Waals surface area contributed by atoms with Crippen molar-refractivity contribution in [3.63, 3.8) is 0 Å². The first-order chi connectivity index (χ1) is 11.1. The van der Waals surface area contributed by atoms with Gasteiger partial charge in [0.15, 0.2) is 5.96 Å². The molecule has 1 aromatic carbocycles.